The van der Waals surface area contributed by atoms with E-state index in [2.05, 4.69) is 53.1 Å². The molecule has 0 aliphatic rings. The average Bonchev–Trinajstić information content (AvgIpc) is 3.12. The predicted molar refractivity (Wildman–Crippen MR) is 106 cm³/mol. The molecule has 6 nitrogen and oxygen atoms in total. The molecule has 136 valence electrons. The van der Waals surface area contributed by atoms with E-state index in [9.17, 15) is 8.42 Å². The standard InChI is InChI=1S/C18H20N4O2S2/c1-18(2,3)13-6-8-14(9-7-13)19-15-10-11-16(21-20-15)22-26(23,24)17-5-4-12-25-17/h4-12H,1-3H3,(H,19,20)(H,21,22). The summed E-state index contributed by atoms with van der Waals surface area (Å²) in [7, 11) is -3.61. The van der Waals surface area contributed by atoms with E-state index in [4.69, 9.17) is 0 Å². The van der Waals surface area contributed by atoms with Crippen molar-refractivity contribution in [1.82, 2.24) is 10.2 Å². The van der Waals surface area contributed by atoms with Gasteiger partial charge in [-0.15, -0.1) is 21.5 Å². The van der Waals surface area contributed by atoms with Crippen LogP contribution in [0.3, 0.4) is 0 Å². The number of hydrogen-bond acceptors (Lipinski definition) is 6. The smallest absolute Gasteiger partial charge is 0.272 e. The molecule has 0 aliphatic heterocycles. The van der Waals surface area contributed by atoms with Gasteiger partial charge in [0, 0.05) is 5.69 Å². The van der Waals surface area contributed by atoms with Gasteiger partial charge in [0.25, 0.3) is 10.0 Å². The van der Waals surface area contributed by atoms with E-state index in [0.29, 0.717) is 5.82 Å². The van der Waals surface area contributed by atoms with Crippen molar-refractivity contribution >= 4 is 38.7 Å². The SMILES string of the molecule is CC(C)(C)c1ccc(Nc2ccc(NS(=O)(=O)c3cccs3)nn2)cc1. The molecule has 0 atom stereocenters. The molecule has 3 aromatic rings. The van der Waals surface area contributed by atoms with Gasteiger partial charge >= 0.3 is 0 Å². The summed E-state index contributed by atoms with van der Waals surface area (Å²) in [4.78, 5) is 0. The maximum atomic E-state index is 12.2. The molecule has 3 rings (SSSR count). The normalized spacial score (nSPS) is 12.0. The van der Waals surface area contributed by atoms with Crippen molar-refractivity contribution in [2.75, 3.05) is 10.0 Å². The van der Waals surface area contributed by atoms with Crippen LogP contribution in [0.4, 0.5) is 17.3 Å². The van der Waals surface area contributed by atoms with E-state index in [0.717, 1.165) is 17.0 Å². The van der Waals surface area contributed by atoms with Gasteiger partial charge in [0.15, 0.2) is 11.6 Å². The van der Waals surface area contributed by atoms with E-state index in [1.54, 1.807) is 23.6 Å². The zero-order valence-corrected chi connectivity index (χ0v) is 16.4. The molecule has 0 aliphatic carbocycles. The van der Waals surface area contributed by atoms with Crippen LogP contribution in [0.1, 0.15) is 26.3 Å². The number of sulfonamides is 1. The summed E-state index contributed by atoms with van der Waals surface area (Å²) in [5.74, 6) is 0.708. The Bertz CT molecular complexity index is 960. The first kappa shape index (κ1) is 18.3. The van der Waals surface area contributed by atoms with Gasteiger partial charge < -0.3 is 5.32 Å². The Morgan fingerprint density at radius 2 is 1.58 bits per heavy atom. The van der Waals surface area contributed by atoms with Gasteiger partial charge in [-0.2, -0.15) is 0 Å². The van der Waals surface area contributed by atoms with Gasteiger partial charge in [0.05, 0.1) is 0 Å². The van der Waals surface area contributed by atoms with Crippen LogP contribution in [-0.2, 0) is 15.4 Å². The summed E-state index contributed by atoms with van der Waals surface area (Å²) in [6.07, 6.45) is 0. The summed E-state index contributed by atoms with van der Waals surface area (Å²) in [6.45, 7) is 6.49. The number of benzene rings is 1. The topological polar surface area (TPSA) is 84.0 Å². The lowest BCUT2D eigenvalue weighted by Gasteiger charge is -2.19. The summed E-state index contributed by atoms with van der Waals surface area (Å²) in [6, 6.07) is 14.6. The largest absolute Gasteiger partial charge is 0.339 e. The van der Waals surface area contributed by atoms with Crippen LogP contribution in [-0.4, -0.2) is 18.6 Å². The monoisotopic (exact) mass is 388 g/mol. The third-order valence-corrected chi connectivity index (χ3v) is 6.44. The number of thiophene rings is 1. The Balaban J connectivity index is 1.68. The predicted octanol–water partition coefficient (Wildman–Crippen LogP) is 4.38. The molecular weight excluding hydrogens is 368 g/mol. The van der Waals surface area contributed by atoms with Crippen LogP contribution in [0.15, 0.2) is 58.1 Å². The average molecular weight is 389 g/mol. The third-order valence-electron chi connectivity index (χ3n) is 3.69. The lowest BCUT2D eigenvalue weighted by molar-refractivity contribution is 0.590. The van der Waals surface area contributed by atoms with Crippen molar-refractivity contribution < 1.29 is 8.42 Å². The van der Waals surface area contributed by atoms with E-state index in [1.165, 1.54) is 11.6 Å². The fourth-order valence-electron chi connectivity index (χ4n) is 2.26. The molecule has 2 heterocycles. The Kier molecular flexibility index (Phi) is 4.97. The molecule has 8 heteroatoms. The van der Waals surface area contributed by atoms with Crippen LogP contribution < -0.4 is 10.0 Å². The Labute approximate surface area is 157 Å². The summed E-state index contributed by atoms with van der Waals surface area (Å²) in [5.41, 5.74) is 2.23. The van der Waals surface area contributed by atoms with Gasteiger partial charge in [0.1, 0.15) is 4.21 Å². The van der Waals surface area contributed by atoms with E-state index in [-0.39, 0.29) is 15.4 Å². The first-order valence-electron chi connectivity index (χ1n) is 8.02. The fourth-order valence-corrected chi connectivity index (χ4v) is 4.25. The number of hydrogen-bond donors (Lipinski definition) is 2. The minimum Gasteiger partial charge on any atom is -0.339 e. The quantitative estimate of drug-likeness (QED) is 0.678. The Hall–Kier alpha value is -2.45. The van der Waals surface area contributed by atoms with Crippen LogP contribution in [0.2, 0.25) is 0 Å². The second kappa shape index (κ2) is 7.05. The van der Waals surface area contributed by atoms with E-state index >= 15 is 0 Å². The van der Waals surface area contributed by atoms with E-state index < -0.39 is 10.0 Å². The minimum atomic E-state index is -3.61. The highest BCUT2D eigenvalue weighted by molar-refractivity contribution is 7.94. The first-order chi connectivity index (χ1) is 12.2. The second-order valence-corrected chi connectivity index (χ2v) is 9.65. The van der Waals surface area contributed by atoms with Gasteiger partial charge in [-0.25, -0.2) is 8.42 Å². The molecular formula is C18H20N4O2S2. The highest BCUT2D eigenvalue weighted by Crippen LogP contribution is 2.25. The van der Waals surface area contributed by atoms with Gasteiger partial charge in [-0.3, -0.25) is 4.72 Å². The summed E-state index contributed by atoms with van der Waals surface area (Å²) < 4.78 is 27.0. The highest BCUT2D eigenvalue weighted by Gasteiger charge is 2.16. The molecule has 0 spiro atoms. The number of nitrogens with one attached hydrogen (secondary N) is 2. The number of rotatable bonds is 5. The molecule has 2 N–H and O–H groups in total. The molecule has 0 bridgehead atoms. The Morgan fingerprint density at radius 3 is 2.12 bits per heavy atom. The maximum absolute atomic E-state index is 12.2. The fraction of sp³-hybridized carbons (Fsp3) is 0.222. The van der Waals surface area contributed by atoms with Gasteiger partial charge in [-0.05, 0) is 46.7 Å². The van der Waals surface area contributed by atoms with Gasteiger partial charge in [-0.1, -0.05) is 39.0 Å². The molecule has 0 saturated heterocycles. The molecule has 1 aromatic carbocycles. The van der Waals surface area contributed by atoms with Crippen molar-refractivity contribution in [2.45, 2.75) is 30.4 Å². The van der Waals surface area contributed by atoms with Crippen molar-refractivity contribution in [3.8, 4) is 0 Å². The van der Waals surface area contributed by atoms with Crippen LogP contribution in [0.25, 0.3) is 0 Å². The molecule has 2 aromatic heterocycles. The second-order valence-electron chi connectivity index (χ2n) is 6.79. The molecule has 0 radical (unpaired) electrons. The lowest BCUT2D eigenvalue weighted by Crippen LogP contribution is -2.13. The maximum Gasteiger partial charge on any atom is 0.272 e. The van der Waals surface area contributed by atoms with Crippen LogP contribution >= 0.6 is 11.3 Å². The summed E-state index contributed by atoms with van der Waals surface area (Å²) in [5, 5.41) is 12.8. The van der Waals surface area contributed by atoms with Gasteiger partial charge in [0.2, 0.25) is 0 Å². The molecule has 26 heavy (non-hydrogen) atoms. The number of aromatic nitrogens is 2. The zero-order chi connectivity index (χ0) is 18.8. The molecule has 0 amide bonds. The van der Waals surface area contributed by atoms with Crippen LogP contribution in [0.5, 0.6) is 0 Å². The van der Waals surface area contributed by atoms with Crippen molar-refractivity contribution in [3.05, 3.63) is 59.5 Å². The first-order valence-corrected chi connectivity index (χ1v) is 10.4. The summed E-state index contributed by atoms with van der Waals surface area (Å²) >= 11 is 1.15. The van der Waals surface area contributed by atoms with Crippen molar-refractivity contribution in [3.63, 3.8) is 0 Å². The minimum absolute atomic E-state index is 0.0969. The molecule has 0 unspecified atom stereocenters. The van der Waals surface area contributed by atoms with Crippen molar-refractivity contribution in [1.29, 1.82) is 0 Å². The lowest BCUT2D eigenvalue weighted by atomic mass is 9.87. The molecule has 0 saturated carbocycles. The van der Waals surface area contributed by atoms with Crippen LogP contribution in [0, 0.1) is 0 Å². The number of anilines is 3. The highest BCUT2D eigenvalue weighted by atomic mass is 32.2. The Morgan fingerprint density at radius 1 is 0.923 bits per heavy atom. The number of nitrogens with zero attached hydrogens (tertiary/aromatic N) is 2. The van der Waals surface area contributed by atoms with Crippen molar-refractivity contribution in [2.24, 2.45) is 0 Å². The molecule has 0 fully saturated rings. The zero-order valence-electron chi connectivity index (χ0n) is 14.7. The van der Waals surface area contributed by atoms with E-state index in [1.807, 2.05) is 12.1 Å². The third kappa shape index (κ3) is 4.39.